The van der Waals surface area contributed by atoms with E-state index in [1.165, 1.54) is 6.92 Å². The van der Waals surface area contributed by atoms with Crippen LogP contribution in [0.15, 0.2) is 53.6 Å². The molecule has 2 saturated carbocycles. The number of fused-ring (bicyclic) bond motifs is 2. The van der Waals surface area contributed by atoms with Crippen molar-refractivity contribution in [2.75, 3.05) is 0 Å². The van der Waals surface area contributed by atoms with E-state index in [4.69, 9.17) is 9.47 Å². The highest BCUT2D eigenvalue weighted by Gasteiger charge is 2.67. The lowest BCUT2D eigenvalue weighted by Crippen LogP contribution is -2.59. The minimum Gasteiger partial charge on any atom is -0.462 e. The Morgan fingerprint density at radius 1 is 1.05 bits per heavy atom. The van der Waals surface area contributed by atoms with E-state index in [0.29, 0.717) is 16.7 Å². The first-order valence-electron chi connectivity index (χ1n) is 12.7. The molecule has 0 spiro atoms. The number of benzene rings is 1. The number of aliphatic hydroxyl groups is 4. The number of rotatable bonds is 4. The summed E-state index contributed by atoms with van der Waals surface area (Å²) in [5, 5.41) is 45.5. The second-order valence-corrected chi connectivity index (χ2v) is 11.6. The molecule has 3 aliphatic carbocycles. The molecular formula is C29H38O8. The molecule has 0 aromatic heterocycles. The number of aliphatic hydroxyl groups excluding tert-OH is 3. The maximum Gasteiger partial charge on any atom is 0.338 e. The summed E-state index contributed by atoms with van der Waals surface area (Å²) in [5.74, 6) is -1.87. The highest BCUT2D eigenvalue weighted by molar-refractivity contribution is 5.89. The number of hydrogen-bond donors (Lipinski definition) is 4. The molecule has 0 saturated heterocycles. The van der Waals surface area contributed by atoms with Crippen LogP contribution in [0, 0.1) is 16.7 Å². The third-order valence-corrected chi connectivity index (χ3v) is 9.21. The standard InChI is InChI=1S/C29H38O8/c1-15-19-13-29(27(4,5)35)14-21(32)16(2)23(29)24(33)25(37-26(34)18-10-8-7-9-11-18)28(19,6)22(12-20(15)31)36-17(3)30/h7-11,19-22,24-25,31-33,35H,1,12-14H2,2-6H3/t19-,20+,21+,22+,24-,25+,28+,29+/m1/s1. The quantitative estimate of drug-likeness (QED) is 0.356. The number of ether oxygens (including phenoxy) is 2. The molecule has 1 aromatic rings. The number of carbonyl (C=O) groups excluding carboxylic acids is 2. The Labute approximate surface area is 217 Å². The minimum atomic E-state index is -1.42. The monoisotopic (exact) mass is 514 g/mol. The molecule has 0 unspecified atom stereocenters. The van der Waals surface area contributed by atoms with Crippen molar-refractivity contribution in [2.24, 2.45) is 16.7 Å². The molecule has 1 aromatic carbocycles. The van der Waals surface area contributed by atoms with Crippen molar-refractivity contribution < 1.29 is 39.5 Å². The first-order chi connectivity index (χ1) is 17.1. The molecule has 0 aliphatic heterocycles. The fourth-order valence-electron chi connectivity index (χ4n) is 7.05. The molecule has 3 aliphatic rings. The molecule has 8 atom stereocenters. The normalized spacial score (nSPS) is 37.9. The van der Waals surface area contributed by atoms with Crippen molar-refractivity contribution in [3.63, 3.8) is 0 Å². The molecule has 202 valence electrons. The van der Waals surface area contributed by atoms with Crippen LogP contribution in [0.3, 0.4) is 0 Å². The van der Waals surface area contributed by atoms with Gasteiger partial charge in [0.15, 0.2) is 0 Å². The van der Waals surface area contributed by atoms with Gasteiger partial charge in [0.05, 0.1) is 28.8 Å². The Hall–Kier alpha value is -2.52. The van der Waals surface area contributed by atoms with E-state index in [0.717, 1.165) is 0 Å². The van der Waals surface area contributed by atoms with Crippen molar-refractivity contribution in [1.82, 2.24) is 0 Å². The van der Waals surface area contributed by atoms with Gasteiger partial charge in [-0.3, -0.25) is 4.79 Å². The van der Waals surface area contributed by atoms with E-state index in [1.807, 2.05) is 0 Å². The first kappa shape index (κ1) is 27.5. The van der Waals surface area contributed by atoms with Gasteiger partial charge in [-0.05, 0) is 68.4 Å². The van der Waals surface area contributed by atoms with Crippen LogP contribution in [-0.4, -0.2) is 68.5 Å². The zero-order chi connectivity index (χ0) is 27.5. The second kappa shape index (κ2) is 9.34. The third-order valence-electron chi connectivity index (χ3n) is 9.21. The highest BCUT2D eigenvalue weighted by atomic mass is 16.6. The Morgan fingerprint density at radius 2 is 1.68 bits per heavy atom. The van der Waals surface area contributed by atoms with Crippen LogP contribution in [0.1, 0.15) is 64.2 Å². The van der Waals surface area contributed by atoms with E-state index in [2.05, 4.69) is 6.58 Å². The van der Waals surface area contributed by atoms with Crippen LogP contribution in [0.5, 0.6) is 0 Å². The summed E-state index contributed by atoms with van der Waals surface area (Å²) in [7, 11) is 0. The summed E-state index contributed by atoms with van der Waals surface area (Å²) < 4.78 is 11.8. The summed E-state index contributed by atoms with van der Waals surface area (Å²) in [6.45, 7) is 12.2. The van der Waals surface area contributed by atoms with E-state index >= 15 is 0 Å². The number of carbonyl (C=O) groups is 2. The minimum absolute atomic E-state index is 0.0215. The van der Waals surface area contributed by atoms with Crippen LogP contribution in [0.2, 0.25) is 0 Å². The van der Waals surface area contributed by atoms with E-state index in [-0.39, 0.29) is 24.8 Å². The summed E-state index contributed by atoms with van der Waals surface area (Å²) in [5.41, 5.74) is -2.07. The van der Waals surface area contributed by atoms with Gasteiger partial charge in [-0.2, -0.15) is 0 Å². The zero-order valence-corrected chi connectivity index (χ0v) is 22.1. The van der Waals surface area contributed by atoms with Crippen LogP contribution < -0.4 is 0 Å². The molecule has 0 radical (unpaired) electrons. The summed E-state index contributed by atoms with van der Waals surface area (Å²) in [6, 6.07) is 8.37. The summed E-state index contributed by atoms with van der Waals surface area (Å²) in [4.78, 5) is 25.5. The van der Waals surface area contributed by atoms with Crippen LogP contribution in [0.25, 0.3) is 0 Å². The average Bonchev–Trinajstić information content (AvgIpc) is 3.04. The van der Waals surface area contributed by atoms with Crippen LogP contribution >= 0.6 is 0 Å². The van der Waals surface area contributed by atoms with Crippen molar-refractivity contribution >= 4 is 11.9 Å². The lowest BCUT2D eigenvalue weighted by Gasteiger charge is -2.53. The van der Waals surface area contributed by atoms with Crippen molar-refractivity contribution in [3.8, 4) is 0 Å². The van der Waals surface area contributed by atoms with Gasteiger partial charge in [-0.1, -0.05) is 31.7 Å². The average molecular weight is 515 g/mol. The predicted octanol–water partition coefficient (Wildman–Crippen LogP) is 2.69. The molecule has 4 rings (SSSR count). The molecule has 37 heavy (non-hydrogen) atoms. The maximum absolute atomic E-state index is 13.3. The SMILES string of the molecule is C=C1[C@H]2C[C@]3(C(C)(C)O)C[C@H](O)C(C)=C3[C@@H](O)[C@H](OC(=O)c3ccccc3)[C@]2(C)[C@@H](OC(C)=O)C[C@@H]1O. The number of esters is 2. The third kappa shape index (κ3) is 4.24. The van der Waals surface area contributed by atoms with Gasteiger partial charge < -0.3 is 29.9 Å². The second-order valence-electron chi connectivity index (χ2n) is 11.6. The van der Waals surface area contributed by atoms with Gasteiger partial charge >= 0.3 is 11.9 Å². The largest absolute Gasteiger partial charge is 0.462 e. The molecule has 2 fully saturated rings. The maximum atomic E-state index is 13.3. The van der Waals surface area contributed by atoms with Gasteiger partial charge in [0, 0.05) is 18.8 Å². The van der Waals surface area contributed by atoms with Crippen molar-refractivity contribution in [2.45, 2.75) is 90.0 Å². The fraction of sp³-hybridized carbons (Fsp3) is 0.586. The molecule has 4 N–H and O–H groups in total. The zero-order valence-electron chi connectivity index (χ0n) is 22.1. The lowest BCUT2D eigenvalue weighted by atomic mass is 9.56. The van der Waals surface area contributed by atoms with Gasteiger partial charge in [0.2, 0.25) is 0 Å². The lowest BCUT2D eigenvalue weighted by molar-refractivity contribution is -0.182. The molecule has 8 heteroatoms. The molecule has 0 heterocycles. The van der Waals surface area contributed by atoms with Crippen LogP contribution in [0.4, 0.5) is 0 Å². The molecule has 0 amide bonds. The Balaban J connectivity index is 1.96. The van der Waals surface area contributed by atoms with Gasteiger partial charge in [-0.25, -0.2) is 4.79 Å². The topological polar surface area (TPSA) is 134 Å². The Kier molecular flexibility index (Phi) is 6.95. The van der Waals surface area contributed by atoms with Gasteiger partial charge in [-0.15, -0.1) is 0 Å². The Bertz CT molecular complexity index is 1120. The predicted molar refractivity (Wildman–Crippen MR) is 135 cm³/mol. The fourth-order valence-corrected chi connectivity index (χ4v) is 7.05. The summed E-state index contributed by atoms with van der Waals surface area (Å²) in [6.07, 6.45) is -5.15. The number of hydrogen-bond acceptors (Lipinski definition) is 8. The first-order valence-corrected chi connectivity index (χ1v) is 12.7. The molecular weight excluding hydrogens is 476 g/mol. The van der Waals surface area contributed by atoms with E-state index < -0.39 is 64.8 Å². The van der Waals surface area contributed by atoms with Crippen LogP contribution in [-0.2, 0) is 14.3 Å². The van der Waals surface area contributed by atoms with Crippen molar-refractivity contribution in [3.05, 3.63) is 59.2 Å². The van der Waals surface area contributed by atoms with E-state index in [9.17, 15) is 30.0 Å². The highest BCUT2D eigenvalue weighted by Crippen LogP contribution is 2.64. The van der Waals surface area contributed by atoms with Crippen molar-refractivity contribution in [1.29, 1.82) is 0 Å². The van der Waals surface area contributed by atoms with Gasteiger partial charge in [0.25, 0.3) is 0 Å². The van der Waals surface area contributed by atoms with E-state index in [1.54, 1.807) is 58.0 Å². The Morgan fingerprint density at radius 3 is 2.24 bits per heavy atom. The van der Waals surface area contributed by atoms with Gasteiger partial charge in [0.1, 0.15) is 18.3 Å². The summed E-state index contributed by atoms with van der Waals surface area (Å²) >= 11 is 0. The molecule has 8 nitrogen and oxygen atoms in total. The molecule has 0 bridgehead atoms. The smallest absolute Gasteiger partial charge is 0.338 e.